The van der Waals surface area contributed by atoms with Crippen molar-refractivity contribution in [2.75, 3.05) is 0 Å². The van der Waals surface area contributed by atoms with Crippen molar-refractivity contribution in [1.82, 2.24) is 0 Å². The van der Waals surface area contributed by atoms with Crippen molar-refractivity contribution >= 4 is 33.0 Å². The Balaban J connectivity index is 2.14. The summed E-state index contributed by atoms with van der Waals surface area (Å²) in [6.07, 6.45) is 1.32. The molecule has 1 heterocycles. The van der Waals surface area contributed by atoms with Crippen LogP contribution in [0.1, 0.15) is 27.0 Å². The molecule has 0 amide bonds. The van der Waals surface area contributed by atoms with E-state index in [4.69, 9.17) is 0 Å². The van der Waals surface area contributed by atoms with Crippen LogP contribution in [0.4, 0.5) is 4.39 Å². The first kappa shape index (κ1) is 13.4. The maximum absolute atomic E-state index is 13.3. The van der Waals surface area contributed by atoms with Gasteiger partial charge in [0.15, 0.2) is 5.78 Å². The van der Waals surface area contributed by atoms with Crippen LogP contribution in [-0.4, -0.2) is 5.78 Å². The van der Waals surface area contributed by atoms with Crippen molar-refractivity contribution in [3.63, 3.8) is 0 Å². The fraction of sp³-hybridized carbons (Fsp3) is 0.214. The maximum atomic E-state index is 13.3. The second kappa shape index (κ2) is 5.76. The van der Waals surface area contributed by atoms with Crippen molar-refractivity contribution in [2.24, 2.45) is 0 Å². The average Bonchev–Trinajstić information content (AvgIpc) is 2.80. The SMILES string of the molecule is CCc1ccc(CC(=O)c2ccc(Br)c(F)c2)s1. The second-order valence-corrected chi connectivity index (χ2v) is 6.06. The molecule has 0 N–H and O–H groups in total. The minimum absolute atomic E-state index is 0.0501. The van der Waals surface area contributed by atoms with Gasteiger partial charge in [-0.25, -0.2) is 4.39 Å². The van der Waals surface area contributed by atoms with Crippen LogP contribution in [0.15, 0.2) is 34.8 Å². The van der Waals surface area contributed by atoms with Crippen molar-refractivity contribution in [1.29, 1.82) is 0 Å². The molecule has 2 aromatic rings. The number of hydrogen-bond acceptors (Lipinski definition) is 2. The highest BCUT2D eigenvalue weighted by atomic mass is 79.9. The number of ketones is 1. The summed E-state index contributed by atoms with van der Waals surface area (Å²) in [5.41, 5.74) is 0.419. The largest absolute Gasteiger partial charge is 0.294 e. The monoisotopic (exact) mass is 326 g/mol. The molecule has 0 aliphatic carbocycles. The zero-order valence-electron chi connectivity index (χ0n) is 9.87. The number of benzene rings is 1. The highest BCUT2D eigenvalue weighted by Gasteiger charge is 2.11. The van der Waals surface area contributed by atoms with Gasteiger partial charge in [0, 0.05) is 21.7 Å². The van der Waals surface area contributed by atoms with Crippen LogP contribution >= 0.6 is 27.3 Å². The molecular formula is C14H12BrFOS. The number of halogens is 2. The summed E-state index contributed by atoms with van der Waals surface area (Å²) in [5.74, 6) is -0.452. The van der Waals surface area contributed by atoms with Gasteiger partial charge < -0.3 is 0 Å². The lowest BCUT2D eigenvalue weighted by molar-refractivity contribution is 0.0993. The molecule has 1 aromatic heterocycles. The van der Waals surface area contributed by atoms with E-state index in [2.05, 4.69) is 22.9 Å². The van der Waals surface area contributed by atoms with Crippen molar-refractivity contribution < 1.29 is 9.18 Å². The number of thiophene rings is 1. The molecule has 1 nitrogen and oxygen atoms in total. The minimum Gasteiger partial charge on any atom is -0.294 e. The van der Waals surface area contributed by atoms with Gasteiger partial charge in [0.2, 0.25) is 0 Å². The Labute approximate surface area is 118 Å². The van der Waals surface area contributed by atoms with E-state index in [1.54, 1.807) is 23.5 Å². The van der Waals surface area contributed by atoms with E-state index >= 15 is 0 Å². The lowest BCUT2D eigenvalue weighted by Crippen LogP contribution is -2.02. The zero-order chi connectivity index (χ0) is 13.1. The fourth-order valence-electron chi connectivity index (χ4n) is 1.64. The Morgan fingerprint density at radius 1 is 1.28 bits per heavy atom. The molecule has 0 saturated carbocycles. The second-order valence-electron chi connectivity index (χ2n) is 3.95. The number of carbonyl (C=O) groups excluding carboxylic acids is 1. The molecule has 0 radical (unpaired) electrons. The molecule has 0 unspecified atom stereocenters. The third-order valence-corrected chi connectivity index (χ3v) is 4.51. The molecule has 18 heavy (non-hydrogen) atoms. The lowest BCUT2D eigenvalue weighted by Gasteiger charge is -2.01. The predicted octanol–water partition coefficient (Wildman–Crippen LogP) is 4.64. The molecule has 0 saturated heterocycles. The van der Waals surface area contributed by atoms with E-state index in [0.717, 1.165) is 11.3 Å². The summed E-state index contributed by atoms with van der Waals surface area (Å²) in [7, 11) is 0. The van der Waals surface area contributed by atoms with Gasteiger partial charge in [-0.1, -0.05) is 13.0 Å². The van der Waals surface area contributed by atoms with E-state index in [0.29, 0.717) is 16.5 Å². The first-order valence-corrected chi connectivity index (χ1v) is 7.27. The van der Waals surface area contributed by atoms with Gasteiger partial charge >= 0.3 is 0 Å². The summed E-state index contributed by atoms with van der Waals surface area (Å²) in [6.45, 7) is 2.08. The van der Waals surface area contributed by atoms with E-state index in [-0.39, 0.29) is 5.78 Å². The Bertz CT molecular complexity index is 577. The maximum Gasteiger partial charge on any atom is 0.168 e. The minimum atomic E-state index is -0.402. The molecule has 1 aromatic carbocycles. The Hall–Kier alpha value is -1.00. The quantitative estimate of drug-likeness (QED) is 0.748. The summed E-state index contributed by atoms with van der Waals surface area (Å²) >= 11 is 4.71. The molecule has 0 spiro atoms. The van der Waals surface area contributed by atoms with E-state index in [9.17, 15) is 9.18 Å². The molecule has 4 heteroatoms. The van der Waals surface area contributed by atoms with Gasteiger partial charge in [-0.05, 0) is 46.6 Å². The standard InChI is InChI=1S/C14H12BrFOS/c1-2-10-4-5-11(18-10)8-14(17)9-3-6-12(15)13(16)7-9/h3-7H,2,8H2,1H3. The predicted molar refractivity (Wildman–Crippen MR) is 75.8 cm³/mol. The third-order valence-electron chi connectivity index (χ3n) is 2.64. The number of aryl methyl sites for hydroxylation is 1. The number of hydrogen-bond donors (Lipinski definition) is 0. The van der Waals surface area contributed by atoms with E-state index in [1.165, 1.54) is 10.9 Å². The average molecular weight is 327 g/mol. The summed E-state index contributed by atoms with van der Waals surface area (Å²) in [6, 6.07) is 8.49. The van der Waals surface area contributed by atoms with Crippen LogP contribution in [0.5, 0.6) is 0 Å². The van der Waals surface area contributed by atoms with Crippen LogP contribution in [0.2, 0.25) is 0 Å². The van der Waals surface area contributed by atoms with Crippen molar-refractivity contribution in [3.8, 4) is 0 Å². The first-order valence-electron chi connectivity index (χ1n) is 5.66. The zero-order valence-corrected chi connectivity index (χ0v) is 12.3. The Morgan fingerprint density at radius 3 is 2.61 bits per heavy atom. The van der Waals surface area contributed by atoms with Gasteiger partial charge in [0.05, 0.1) is 4.47 Å². The van der Waals surface area contributed by atoms with Gasteiger partial charge in [-0.3, -0.25) is 4.79 Å². The van der Waals surface area contributed by atoms with E-state index < -0.39 is 5.82 Å². The first-order chi connectivity index (χ1) is 8.60. The Kier molecular flexibility index (Phi) is 4.30. The number of Topliss-reactive ketones (excluding diaryl/α,β-unsaturated/α-hetero) is 1. The summed E-state index contributed by atoms with van der Waals surface area (Å²) < 4.78 is 13.7. The molecule has 0 aliphatic heterocycles. The molecule has 0 atom stereocenters. The summed E-state index contributed by atoms with van der Waals surface area (Å²) in [4.78, 5) is 14.3. The molecule has 2 rings (SSSR count). The Morgan fingerprint density at radius 2 is 2.00 bits per heavy atom. The van der Waals surface area contributed by atoms with Crippen LogP contribution in [0.3, 0.4) is 0 Å². The van der Waals surface area contributed by atoms with Crippen molar-refractivity contribution in [2.45, 2.75) is 19.8 Å². The van der Waals surface area contributed by atoms with Crippen LogP contribution in [-0.2, 0) is 12.8 Å². The molecule has 0 aliphatic rings. The smallest absolute Gasteiger partial charge is 0.168 e. The van der Waals surface area contributed by atoms with Crippen LogP contribution in [0.25, 0.3) is 0 Å². The normalized spacial score (nSPS) is 10.6. The number of rotatable bonds is 4. The third kappa shape index (κ3) is 3.06. The molecule has 0 fully saturated rings. The van der Waals surface area contributed by atoms with Crippen LogP contribution in [0, 0.1) is 5.82 Å². The van der Waals surface area contributed by atoms with Crippen LogP contribution < -0.4 is 0 Å². The lowest BCUT2D eigenvalue weighted by atomic mass is 10.1. The highest BCUT2D eigenvalue weighted by Crippen LogP contribution is 2.21. The van der Waals surface area contributed by atoms with E-state index in [1.807, 2.05) is 12.1 Å². The van der Waals surface area contributed by atoms with Crippen molar-refractivity contribution in [3.05, 3.63) is 55.9 Å². The molecule has 0 bridgehead atoms. The molecular weight excluding hydrogens is 315 g/mol. The number of carbonyl (C=O) groups is 1. The van der Waals surface area contributed by atoms with Gasteiger partial charge in [0.1, 0.15) is 5.82 Å². The fourth-order valence-corrected chi connectivity index (χ4v) is 2.84. The highest BCUT2D eigenvalue weighted by molar-refractivity contribution is 9.10. The summed E-state index contributed by atoms with van der Waals surface area (Å²) in [5, 5.41) is 0. The molecule has 94 valence electrons. The van der Waals surface area contributed by atoms with Gasteiger partial charge in [-0.15, -0.1) is 11.3 Å². The topological polar surface area (TPSA) is 17.1 Å². The van der Waals surface area contributed by atoms with Gasteiger partial charge in [0.25, 0.3) is 0 Å². The van der Waals surface area contributed by atoms with Gasteiger partial charge in [-0.2, -0.15) is 0 Å².